The molecule has 2 N–H and O–H groups in total. The minimum atomic E-state index is 0.682. The lowest BCUT2D eigenvalue weighted by atomic mass is 10.1. The van der Waals surface area contributed by atoms with Crippen LogP contribution in [0.15, 0.2) is 40.0 Å². The van der Waals surface area contributed by atoms with Crippen molar-refractivity contribution >= 4 is 17.3 Å². The lowest BCUT2D eigenvalue weighted by Gasteiger charge is -2.14. The average Bonchev–Trinajstić information content (AvgIpc) is 3.04. The van der Waals surface area contributed by atoms with E-state index in [2.05, 4.69) is 51.5 Å². The van der Waals surface area contributed by atoms with Gasteiger partial charge in [0.2, 0.25) is 0 Å². The molecule has 1 heterocycles. The molecule has 0 aliphatic carbocycles. The molecule has 4 nitrogen and oxygen atoms in total. The number of aliphatic imine (C=N–C) groups is 1. The molecule has 0 bridgehead atoms. The van der Waals surface area contributed by atoms with Crippen LogP contribution in [0.1, 0.15) is 16.7 Å². The van der Waals surface area contributed by atoms with Crippen LogP contribution in [0.5, 0.6) is 5.75 Å². The summed E-state index contributed by atoms with van der Waals surface area (Å²) in [6, 6.07) is 8.37. The van der Waals surface area contributed by atoms with E-state index in [-0.39, 0.29) is 0 Å². The summed E-state index contributed by atoms with van der Waals surface area (Å²) in [6.45, 7) is 3.60. The SMILES string of the molecule is CN=C(NCCc1ccsc1)NCc1ccc(C)cc1OC. The highest BCUT2D eigenvalue weighted by atomic mass is 32.1. The van der Waals surface area contributed by atoms with E-state index in [0.717, 1.165) is 30.2 Å². The number of guanidine groups is 1. The van der Waals surface area contributed by atoms with E-state index in [0.29, 0.717) is 6.54 Å². The van der Waals surface area contributed by atoms with Gasteiger partial charge in [0.25, 0.3) is 0 Å². The molecule has 0 saturated carbocycles. The maximum atomic E-state index is 5.42. The van der Waals surface area contributed by atoms with Crippen molar-refractivity contribution in [1.82, 2.24) is 10.6 Å². The van der Waals surface area contributed by atoms with Crippen LogP contribution < -0.4 is 15.4 Å². The van der Waals surface area contributed by atoms with Crippen molar-refractivity contribution in [3.63, 3.8) is 0 Å². The average molecular weight is 317 g/mol. The van der Waals surface area contributed by atoms with Gasteiger partial charge >= 0.3 is 0 Å². The molecule has 118 valence electrons. The topological polar surface area (TPSA) is 45.7 Å². The minimum absolute atomic E-state index is 0.682. The smallest absolute Gasteiger partial charge is 0.191 e. The Morgan fingerprint density at radius 2 is 2.14 bits per heavy atom. The summed E-state index contributed by atoms with van der Waals surface area (Å²) in [5.41, 5.74) is 3.67. The molecule has 0 amide bonds. The van der Waals surface area contributed by atoms with E-state index in [9.17, 15) is 0 Å². The summed E-state index contributed by atoms with van der Waals surface area (Å²) >= 11 is 1.73. The van der Waals surface area contributed by atoms with E-state index in [1.54, 1.807) is 25.5 Å². The summed E-state index contributed by atoms with van der Waals surface area (Å²) in [4.78, 5) is 4.25. The molecule has 22 heavy (non-hydrogen) atoms. The lowest BCUT2D eigenvalue weighted by Crippen LogP contribution is -2.37. The van der Waals surface area contributed by atoms with Crippen molar-refractivity contribution < 1.29 is 4.74 Å². The van der Waals surface area contributed by atoms with Crippen LogP contribution in [0.2, 0.25) is 0 Å². The molecule has 0 fully saturated rings. The fraction of sp³-hybridized carbons (Fsp3) is 0.353. The standard InChI is InChI=1S/C17H23N3OS/c1-13-4-5-15(16(10-13)21-3)11-20-17(18-2)19-8-6-14-7-9-22-12-14/h4-5,7,9-10,12H,6,8,11H2,1-3H3,(H2,18,19,20). The van der Waals surface area contributed by atoms with Gasteiger partial charge in [0, 0.05) is 25.7 Å². The fourth-order valence-electron chi connectivity index (χ4n) is 2.16. The number of nitrogens with one attached hydrogen (secondary N) is 2. The van der Waals surface area contributed by atoms with Crippen LogP contribution in [0, 0.1) is 6.92 Å². The van der Waals surface area contributed by atoms with Crippen molar-refractivity contribution in [3.8, 4) is 5.75 Å². The highest BCUT2D eigenvalue weighted by molar-refractivity contribution is 7.07. The molecule has 0 saturated heterocycles. The van der Waals surface area contributed by atoms with Crippen LogP contribution in [0.3, 0.4) is 0 Å². The molecule has 2 aromatic rings. The highest BCUT2D eigenvalue weighted by Crippen LogP contribution is 2.19. The van der Waals surface area contributed by atoms with Crippen molar-refractivity contribution in [2.75, 3.05) is 20.7 Å². The Balaban J connectivity index is 1.83. The normalized spacial score (nSPS) is 11.3. The number of benzene rings is 1. The quantitative estimate of drug-likeness (QED) is 0.636. The maximum absolute atomic E-state index is 5.42. The third-order valence-corrected chi connectivity index (χ3v) is 4.13. The molecule has 0 atom stereocenters. The Labute approximate surface area is 136 Å². The Morgan fingerprint density at radius 3 is 2.82 bits per heavy atom. The van der Waals surface area contributed by atoms with E-state index in [4.69, 9.17) is 4.74 Å². The summed E-state index contributed by atoms with van der Waals surface area (Å²) in [5.74, 6) is 1.71. The minimum Gasteiger partial charge on any atom is -0.496 e. The van der Waals surface area contributed by atoms with Gasteiger partial charge < -0.3 is 15.4 Å². The van der Waals surface area contributed by atoms with Crippen LogP contribution >= 0.6 is 11.3 Å². The number of ether oxygens (including phenoxy) is 1. The summed E-state index contributed by atoms with van der Waals surface area (Å²) in [5, 5.41) is 10.9. The largest absolute Gasteiger partial charge is 0.496 e. The summed E-state index contributed by atoms with van der Waals surface area (Å²) in [7, 11) is 3.48. The molecular weight excluding hydrogens is 294 g/mol. The van der Waals surface area contributed by atoms with Gasteiger partial charge in [-0.3, -0.25) is 4.99 Å². The molecule has 0 spiro atoms. The lowest BCUT2D eigenvalue weighted by molar-refractivity contribution is 0.408. The van der Waals surface area contributed by atoms with Crippen molar-refractivity contribution in [3.05, 3.63) is 51.7 Å². The van der Waals surface area contributed by atoms with Gasteiger partial charge in [0.15, 0.2) is 5.96 Å². The van der Waals surface area contributed by atoms with Gasteiger partial charge in [-0.25, -0.2) is 0 Å². The molecule has 0 aliphatic rings. The first kappa shape index (κ1) is 16.4. The number of thiophene rings is 1. The van der Waals surface area contributed by atoms with E-state index >= 15 is 0 Å². The molecule has 2 rings (SSSR count). The number of hydrogen-bond acceptors (Lipinski definition) is 3. The number of hydrogen-bond donors (Lipinski definition) is 2. The molecule has 0 aliphatic heterocycles. The second-order valence-electron chi connectivity index (χ2n) is 5.05. The number of nitrogens with zero attached hydrogens (tertiary/aromatic N) is 1. The number of rotatable bonds is 6. The first-order valence-corrected chi connectivity index (χ1v) is 8.26. The monoisotopic (exact) mass is 317 g/mol. The molecule has 0 unspecified atom stereocenters. The molecule has 1 aromatic carbocycles. The molecule has 1 aromatic heterocycles. The number of aryl methyl sites for hydroxylation is 1. The Morgan fingerprint density at radius 1 is 1.27 bits per heavy atom. The zero-order valence-electron chi connectivity index (χ0n) is 13.3. The van der Waals surface area contributed by atoms with Crippen LogP contribution in [-0.2, 0) is 13.0 Å². The van der Waals surface area contributed by atoms with E-state index < -0.39 is 0 Å². The van der Waals surface area contributed by atoms with E-state index in [1.165, 1.54) is 11.1 Å². The van der Waals surface area contributed by atoms with Gasteiger partial charge in [-0.15, -0.1) is 0 Å². The van der Waals surface area contributed by atoms with E-state index in [1.807, 2.05) is 6.07 Å². The number of methoxy groups -OCH3 is 1. The van der Waals surface area contributed by atoms with Crippen LogP contribution in [0.4, 0.5) is 0 Å². The zero-order valence-corrected chi connectivity index (χ0v) is 14.2. The summed E-state index contributed by atoms with van der Waals surface area (Å²) < 4.78 is 5.42. The Bertz CT molecular complexity index is 608. The third-order valence-electron chi connectivity index (χ3n) is 3.40. The van der Waals surface area contributed by atoms with Crippen LogP contribution in [-0.4, -0.2) is 26.7 Å². The van der Waals surface area contributed by atoms with Crippen LogP contribution in [0.25, 0.3) is 0 Å². The molecule has 5 heteroatoms. The van der Waals surface area contributed by atoms with Gasteiger partial charge in [0.1, 0.15) is 5.75 Å². The Hall–Kier alpha value is -2.01. The Kier molecular flexibility index (Phi) is 6.27. The van der Waals surface area contributed by atoms with Gasteiger partial charge in [-0.05, 0) is 47.4 Å². The second kappa shape index (κ2) is 8.44. The molecule has 0 radical (unpaired) electrons. The first-order valence-electron chi connectivity index (χ1n) is 7.32. The van der Waals surface area contributed by atoms with Crippen molar-refractivity contribution in [2.24, 2.45) is 4.99 Å². The maximum Gasteiger partial charge on any atom is 0.191 e. The second-order valence-corrected chi connectivity index (χ2v) is 5.83. The van der Waals surface area contributed by atoms with Gasteiger partial charge in [0.05, 0.1) is 7.11 Å². The fourth-order valence-corrected chi connectivity index (χ4v) is 2.86. The predicted molar refractivity (Wildman–Crippen MR) is 94.0 cm³/mol. The van der Waals surface area contributed by atoms with Crippen molar-refractivity contribution in [2.45, 2.75) is 19.9 Å². The zero-order chi connectivity index (χ0) is 15.8. The third kappa shape index (κ3) is 4.77. The molecular formula is C17H23N3OS. The predicted octanol–water partition coefficient (Wildman–Crippen LogP) is 2.97. The summed E-state index contributed by atoms with van der Waals surface area (Å²) in [6.07, 6.45) is 0.998. The first-order chi connectivity index (χ1) is 10.7. The van der Waals surface area contributed by atoms with Gasteiger partial charge in [-0.1, -0.05) is 12.1 Å². The van der Waals surface area contributed by atoms with Gasteiger partial charge in [-0.2, -0.15) is 11.3 Å². The highest BCUT2D eigenvalue weighted by Gasteiger charge is 2.04. The van der Waals surface area contributed by atoms with Crippen molar-refractivity contribution in [1.29, 1.82) is 0 Å².